The molecule has 6 aromatic rings. The lowest BCUT2D eigenvalue weighted by molar-refractivity contribution is 0.461. The van der Waals surface area contributed by atoms with Crippen molar-refractivity contribution in [3.05, 3.63) is 164 Å². The van der Waals surface area contributed by atoms with Gasteiger partial charge in [-0.3, -0.25) is 0 Å². The molecule has 0 radical (unpaired) electrons. The average Bonchev–Trinajstić information content (AvgIpc) is 3.25. The zero-order chi connectivity index (χ0) is 58.8. The number of aryl methyl sites for hydroxylation is 4. The van der Waals surface area contributed by atoms with Crippen molar-refractivity contribution < 1.29 is 18.1 Å². The van der Waals surface area contributed by atoms with Crippen LogP contribution in [-0.4, -0.2) is 0 Å². The van der Waals surface area contributed by atoms with Gasteiger partial charge in [0.25, 0.3) is 0 Å². The third-order valence-electron chi connectivity index (χ3n) is 14.9. The minimum absolute atomic E-state index is 0.0748. The molecular weight excluding hydrogens is 991 g/mol. The Morgan fingerprint density at radius 2 is 0.423 bits per heavy atom. The van der Waals surface area contributed by atoms with E-state index in [9.17, 15) is 0 Å². The Morgan fingerprint density at radius 3 is 0.577 bits per heavy atom. The van der Waals surface area contributed by atoms with Crippen LogP contribution in [0.4, 0.5) is 0 Å². The molecular formula is C72H100O4P2. The van der Waals surface area contributed by atoms with Crippen molar-refractivity contribution in [2.75, 3.05) is 0 Å². The van der Waals surface area contributed by atoms with Crippen molar-refractivity contribution >= 4 is 27.4 Å². The third-order valence-corrected chi connectivity index (χ3v) is 17.8. The quantitative estimate of drug-likeness (QED) is 0.121. The predicted molar refractivity (Wildman–Crippen MR) is 342 cm³/mol. The summed E-state index contributed by atoms with van der Waals surface area (Å²) in [6, 6.07) is 36.2. The fraction of sp³-hybridized carbons (Fsp3) is 0.500. The standard InChI is InChI=1S/C72H100O4P2/c1-45-37-51(65(5,6)7)41-57(61(45)69(17,18)19)73-77(74-58-42-52(66(8,9)10)38-46(2)62(58)70(20,21)22)55-33-29-49(30-34-55)50-31-35-56(36-32-50)78(75-59-43-53(67(11,12)13)39-47(3)63(59)71(23,24)25)76-60-44-54(68(14,15)16)40-48(4)64(60)72(26,27)28/h29-44H,1-28H3. The second kappa shape index (κ2) is 22.0. The summed E-state index contributed by atoms with van der Waals surface area (Å²) in [5, 5.41) is 2.00. The molecule has 6 aromatic carbocycles. The van der Waals surface area contributed by atoms with E-state index >= 15 is 0 Å². The van der Waals surface area contributed by atoms with E-state index in [1.807, 2.05) is 0 Å². The average molecular weight is 1090 g/mol. The first-order valence-corrected chi connectivity index (χ1v) is 30.9. The van der Waals surface area contributed by atoms with Gasteiger partial charge in [0.05, 0.1) is 10.6 Å². The van der Waals surface area contributed by atoms with Gasteiger partial charge in [-0.05, 0) is 175 Å². The molecule has 0 heterocycles. The molecule has 0 atom stereocenters. The van der Waals surface area contributed by atoms with Crippen molar-refractivity contribution in [1.82, 2.24) is 0 Å². The Balaban J connectivity index is 1.51. The summed E-state index contributed by atoms with van der Waals surface area (Å²) in [5.41, 5.74) is 15.9. The summed E-state index contributed by atoms with van der Waals surface area (Å²) in [5.74, 6) is 3.52. The van der Waals surface area contributed by atoms with Gasteiger partial charge in [-0.15, -0.1) is 0 Å². The molecule has 6 heteroatoms. The maximum absolute atomic E-state index is 7.44. The van der Waals surface area contributed by atoms with Crippen molar-refractivity contribution in [1.29, 1.82) is 0 Å². The van der Waals surface area contributed by atoms with E-state index in [1.165, 1.54) is 66.8 Å². The van der Waals surface area contributed by atoms with Gasteiger partial charge < -0.3 is 18.1 Å². The lowest BCUT2D eigenvalue weighted by atomic mass is 9.79. The summed E-state index contributed by atoms with van der Waals surface area (Å²) >= 11 is 0. The monoisotopic (exact) mass is 1090 g/mol. The topological polar surface area (TPSA) is 36.9 Å². The summed E-state index contributed by atoms with van der Waals surface area (Å²) in [6.07, 6.45) is 0. The highest BCUT2D eigenvalue weighted by molar-refractivity contribution is 7.57. The summed E-state index contributed by atoms with van der Waals surface area (Å²) < 4.78 is 29.8. The molecule has 6 rings (SSSR count). The van der Waals surface area contributed by atoms with Crippen LogP contribution in [0.15, 0.2) is 97.1 Å². The molecule has 78 heavy (non-hydrogen) atoms. The van der Waals surface area contributed by atoms with Crippen LogP contribution in [0.2, 0.25) is 0 Å². The molecule has 0 saturated heterocycles. The largest absolute Gasteiger partial charge is 0.435 e. The molecule has 0 aliphatic rings. The molecule has 0 fully saturated rings. The van der Waals surface area contributed by atoms with Gasteiger partial charge in [-0.1, -0.05) is 215 Å². The Bertz CT molecular complexity index is 2720. The van der Waals surface area contributed by atoms with Gasteiger partial charge in [0.1, 0.15) is 23.0 Å². The zero-order valence-electron chi connectivity index (χ0n) is 53.8. The van der Waals surface area contributed by atoms with Crippen LogP contribution in [0.1, 0.15) is 233 Å². The van der Waals surface area contributed by atoms with E-state index in [-0.39, 0.29) is 43.3 Å². The van der Waals surface area contributed by atoms with Crippen LogP contribution in [0.3, 0.4) is 0 Å². The SMILES string of the molecule is Cc1cc(C(C)(C)C)cc(OP(Oc2cc(C(C)(C)C)cc(C)c2C(C)(C)C)c2ccc(-c3ccc(P(Oc4cc(C(C)(C)C)cc(C)c4C(C)(C)C)Oc4cc(C(C)(C)C)cc(C)c4C(C)(C)C)cc3)cc2)c1C(C)(C)C. The van der Waals surface area contributed by atoms with Gasteiger partial charge in [0.2, 0.25) is 0 Å². The van der Waals surface area contributed by atoms with Crippen LogP contribution in [0, 0.1) is 27.7 Å². The smallest absolute Gasteiger partial charge is 0.326 e. The fourth-order valence-electron chi connectivity index (χ4n) is 11.0. The van der Waals surface area contributed by atoms with Gasteiger partial charge in [0, 0.05) is 22.3 Å². The van der Waals surface area contributed by atoms with Crippen LogP contribution >= 0.6 is 16.8 Å². The van der Waals surface area contributed by atoms with Crippen LogP contribution in [-0.2, 0) is 43.3 Å². The van der Waals surface area contributed by atoms with E-state index in [0.29, 0.717) is 0 Å². The lowest BCUT2D eigenvalue weighted by Crippen LogP contribution is -2.21. The highest BCUT2D eigenvalue weighted by Gasteiger charge is 2.35. The molecule has 0 unspecified atom stereocenters. The lowest BCUT2D eigenvalue weighted by Gasteiger charge is -2.32. The summed E-state index contributed by atoms with van der Waals surface area (Å²) in [4.78, 5) is 0. The summed E-state index contributed by atoms with van der Waals surface area (Å²) in [7, 11) is -3.36. The normalized spacial score (nSPS) is 13.4. The Kier molecular flexibility index (Phi) is 17.7. The molecule has 0 spiro atoms. The molecule has 0 aliphatic carbocycles. The van der Waals surface area contributed by atoms with Gasteiger partial charge in [0.15, 0.2) is 0 Å². The molecule has 0 N–H and O–H groups in total. The molecule has 4 nitrogen and oxygen atoms in total. The van der Waals surface area contributed by atoms with E-state index in [1.54, 1.807) is 0 Å². The highest BCUT2D eigenvalue weighted by atomic mass is 31.2. The molecule has 0 aliphatic heterocycles. The molecule has 0 amide bonds. The second-order valence-electron chi connectivity index (χ2n) is 30.6. The Labute approximate surface area is 478 Å². The predicted octanol–water partition coefficient (Wildman–Crippen LogP) is 21.2. The second-order valence-corrected chi connectivity index (χ2v) is 33.4. The van der Waals surface area contributed by atoms with Crippen LogP contribution in [0.5, 0.6) is 23.0 Å². The van der Waals surface area contributed by atoms with Gasteiger partial charge in [-0.2, -0.15) is 0 Å². The first kappa shape index (κ1) is 62.6. The van der Waals surface area contributed by atoms with Crippen molar-refractivity contribution in [3.63, 3.8) is 0 Å². The van der Waals surface area contributed by atoms with E-state index in [2.05, 4.69) is 291 Å². The third kappa shape index (κ3) is 14.6. The Morgan fingerprint density at radius 1 is 0.244 bits per heavy atom. The molecule has 0 bridgehead atoms. The van der Waals surface area contributed by atoms with Crippen molar-refractivity contribution in [2.24, 2.45) is 0 Å². The van der Waals surface area contributed by atoms with Crippen molar-refractivity contribution in [3.8, 4) is 34.1 Å². The van der Waals surface area contributed by atoms with E-state index < -0.39 is 16.8 Å². The highest BCUT2D eigenvalue weighted by Crippen LogP contribution is 2.52. The van der Waals surface area contributed by atoms with Crippen molar-refractivity contribution in [2.45, 2.75) is 237 Å². The maximum atomic E-state index is 7.44. The van der Waals surface area contributed by atoms with Crippen LogP contribution < -0.4 is 28.7 Å². The minimum Gasteiger partial charge on any atom is -0.435 e. The van der Waals surface area contributed by atoms with E-state index in [0.717, 1.165) is 44.7 Å². The number of rotatable bonds is 11. The minimum atomic E-state index is -1.68. The first-order valence-electron chi connectivity index (χ1n) is 28.5. The van der Waals surface area contributed by atoms with Gasteiger partial charge in [-0.25, -0.2) is 0 Å². The van der Waals surface area contributed by atoms with Crippen LogP contribution in [0.25, 0.3) is 11.1 Å². The number of hydrogen-bond donors (Lipinski definition) is 0. The number of benzene rings is 6. The zero-order valence-corrected chi connectivity index (χ0v) is 55.6. The molecule has 0 saturated carbocycles. The summed E-state index contributed by atoms with van der Waals surface area (Å²) in [6.45, 7) is 63.5. The van der Waals surface area contributed by atoms with Gasteiger partial charge >= 0.3 is 16.8 Å². The Hall–Kier alpha value is -4.62. The number of hydrogen-bond acceptors (Lipinski definition) is 4. The maximum Gasteiger partial charge on any atom is 0.326 e. The van der Waals surface area contributed by atoms with E-state index in [4.69, 9.17) is 18.1 Å². The molecule has 0 aromatic heterocycles. The fourth-order valence-corrected chi connectivity index (χ4v) is 13.6. The molecule has 422 valence electrons. The first-order chi connectivity index (χ1) is 35.3.